The van der Waals surface area contributed by atoms with Crippen molar-refractivity contribution in [3.05, 3.63) is 69.7 Å². The molecule has 0 aliphatic carbocycles. The Morgan fingerprint density at radius 2 is 2.19 bits per heavy atom. The van der Waals surface area contributed by atoms with Crippen LogP contribution in [-0.2, 0) is 24.2 Å². The van der Waals surface area contributed by atoms with Crippen LogP contribution in [0.1, 0.15) is 23.2 Å². The van der Waals surface area contributed by atoms with Crippen LogP contribution in [0.5, 0.6) is 0 Å². The predicted octanol–water partition coefficient (Wildman–Crippen LogP) is 2.99. The summed E-state index contributed by atoms with van der Waals surface area (Å²) in [6, 6.07) is 9.56. The summed E-state index contributed by atoms with van der Waals surface area (Å²) in [7, 11) is 0. The van der Waals surface area contributed by atoms with E-state index in [-0.39, 0.29) is 11.6 Å². The second-order valence-corrected chi connectivity index (χ2v) is 6.48. The maximum Gasteiger partial charge on any atom is 0.287 e. The molecule has 0 atom stereocenters. The van der Waals surface area contributed by atoms with Gasteiger partial charge < -0.3 is 9.88 Å². The van der Waals surface area contributed by atoms with Crippen molar-refractivity contribution in [1.82, 2.24) is 14.9 Å². The van der Waals surface area contributed by atoms with Crippen molar-refractivity contribution in [2.24, 2.45) is 0 Å². The second kappa shape index (κ2) is 6.59. The number of fused-ring (bicyclic) bond motifs is 2. The number of nitro groups is 1. The lowest BCUT2D eigenvalue weighted by Gasteiger charge is -2.28. The first kappa shape index (κ1) is 16.3. The van der Waals surface area contributed by atoms with Gasteiger partial charge in [0.15, 0.2) is 0 Å². The van der Waals surface area contributed by atoms with E-state index >= 15 is 0 Å². The molecule has 26 heavy (non-hydrogen) atoms. The number of hydrogen-bond acceptors (Lipinski definition) is 4. The summed E-state index contributed by atoms with van der Waals surface area (Å²) in [5.41, 5.74) is 3.78. The molecule has 3 aromatic rings. The van der Waals surface area contributed by atoms with E-state index in [4.69, 9.17) is 0 Å². The van der Waals surface area contributed by atoms with Gasteiger partial charge in [0.1, 0.15) is 6.20 Å². The summed E-state index contributed by atoms with van der Waals surface area (Å²) in [4.78, 5) is 32.3. The van der Waals surface area contributed by atoms with Crippen molar-refractivity contribution in [2.45, 2.75) is 25.8 Å². The molecule has 0 saturated carbocycles. The first-order valence-corrected chi connectivity index (χ1v) is 8.57. The monoisotopic (exact) mass is 350 g/mol. The van der Waals surface area contributed by atoms with Gasteiger partial charge in [-0.1, -0.05) is 18.2 Å². The van der Waals surface area contributed by atoms with Gasteiger partial charge >= 0.3 is 0 Å². The third kappa shape index (κ3) is 3.03. The number of para-hydroxylation sites is 1. The van der Waals surface area contributed by atoms with E-state index in [1.54, 1.807) is 4.90 Å². The highest BCUT2D eigenvalue weighted by atomic mass is 16.6. The van der Waals surface area contributed by atoms with Gasteiger partial charge in [0.25, 0.3) is 5.69 Å². The molecule has 7 heteroatoms. The molecule has 1 N–H and O–H groups in total. The zero-order valence-electron chi connectivity index (χ0n) is 14.1. The Morgan fingerprint density at radius 3 is 3.04 bits per heavy atom. The maximum atomic E-state index is 12.6. The molecule has 1 aromatic carbocycles. The van der Waals surface area contributed by atoms with Gasteiger partial charge in [0.2, 0.25) is 5.91 Å². The number of H-pyrrole nitrogens is 1. The van der Waals surface area contributed by atoms with E-state index in [2.05, 4.69) is 9.97 Å². The Hall–Kier alpha value is -3.22. The summed E-state index contributed by atoms with van der Waals surface area (Å²) < 4.78 is 0. The normalized spacial score (nSPS) is 13.6. The molecule has 0 fully saturated rings. The van der Waals surface area contributed by atoms with E-state index in [1.807, 2.05) is 30.5 Å². The summed E-state index contributed by atoms with van der Waals surface area (Å²) >= 11 is 0. The molecule has 1 amide bonds. The topological polar surface area (TPSA) is 92.1 Å². The standard InChI is InChI=1S/C19H18N4O3/c24-19(6-5-13-10-20-18-4-2-1-3-16(13)18)22-8-7-17-14(12-22)9-15(11-21-17)23(25)26/h1-4,9-11,20H,5-8,12H2. The van der Waals surface area contributed by atoms with E-state index in [0.717, 1.165) is 27.7 Å². The first-order valence-electron chi connectivity index (χ1n) is 8.57. The third-order valence-electron chi connectivity index (χ3n) is 4.87. The van der Waals surface area contributed by atoms with Crippen LogP contribution in [0.3, 0.4) is 0 Å². The van der Waals surface area contributed by atoms with Gasteiger partial charge in [-0.2, -0.15) is 0 Å². The molecule has 1 aliphatic rings. The number of aromatic amines is 1. The highest BCUT2D eigenvalue weighted by molar-refractivity contribution is 5.84. The average molecular weight is 350 g/mol. The van der Waals surface area contributed by atoms with Crippen LogP contribution in [0.2, 0.25) is 0 Å². The number of rotatable bonds is 4. The second-order valence-electron chi connectivity index (χ2n) is 6.48. The van der Waals surface area contributed by atoms with Crippen LogP contribution in [-0.4, -0.2) is 32.2 Å². The Kier molecular flexibility index (Phi) is 4.12. The van der Waals surface area contributed by atoms with E-state index in [0.29, 0.717) is 32.4 Å². The van der Waals surface area contributed by atoms with E-state index in [1.165, 1.54) is 12.3 Å². The van der Waals surface area contributed by atoms with Crippen LogP contribution in [0, 0.1) is 10.1 Å². The third-order valence-corrected chi connectivity index (χ3v) is 4.87. The van der Waals surface area contributed by atoms with Crippen molar-refractivity contribution in [1.29, 1.82) is 0 Å². The van der Waals surface area contributed by atoms with Crippen molar-refractivity contribution in [2.75, 3.05) is 6.54 Å². The Bertz CT molecular complexity index is 995. The van der Waals surface area contributed by atoms with E-state index < -0.39 is 4.92 Å². The smallest absolute Gasteiger partial charge is 0.287 e. The number of hydrogen-bond donors (Lipinski definition) is 1. The summed E-state index contributed by atoms with van der Waals surface area (Å²) in [6.07, 6.45) is 4.95. The van der Waals surface area contributed by atoms with Crippen LogP contribution in [0.15, 0.2) is 42.7 Å². The van der Waals surface area contributed by atoms with Crippen molar-refractivity contribution in [3.8, 4) is 0 Å². The molecule has 0 bridgehead atoms. The van der Waals surface area contributed by atoms with Crippen molar-refractivity contribution in [3.63, 3.8) is 0 Å². The zero-order chi connectivity index (χ0) is 18.1. The molecule has 2 aromatic heterocycles. The summed E-state index contributed by atoms with van der Waals surface area (Å²) in [5, 5.41) is 12.1. The number of amides is 1. The molecule has 132 valence electrons. The number of benzene rings is 1. The minimum Gasteiger partial charge on any atom is -0.361 e. The van der Waals surface area contributed by atoms with Crippen LogP contribution >= 0.6 is 0 Å². The molecular weight excluding hydrogens is 332 g/mol. The number of pyridine rings is 1. The molecule has 4 rings (SSSR count). The number of nitrogens with one attached hydrogen (secondary N) is 1. The van der Waals surface area contributed by atoms with Crippen LogP contribution in [0.4, 0.5) is 5.69 Å². The van der Waals surface area contributed by atoms with Gasteiger partial charge in [-0.15, -0.1) is 0 Å². The average Bonchev–Trinajstić information content (AvgIpc) is 3.08. The molecule has 1 aliphatic heterocycles. The fraction of sp³-hybridized carbons (Fsp3) is 0.263. The molecule has 7 nitrogen and oxygen atoms in total. The van der Waals surface area contributed by atoms with Crippen molar-refractivity contribution < 1.29 is 9.72 Å². The summed E-state index contributed by atoms with van der Waals surface area (Å²) in [6.45, 7) is 0.987. The Morgan fingerprint density at radius 1 is 1.35 bits per heavy atom. The highest BCUT2D eigenvalue weighted by Gasteiger charge is 2.23. The fourth-order valence-electron chi connectivity index (χ4n) is 3.46. The lowest BCUT2D eigenvalue weighted by atomic mass is 10.0. The minimum absolute atomic E-state index is 0.0307. The Labute approximate surface area is 149 Å². The molecule has 0 unspecified atom stereocenters. The van der Waals surface area contributed by atoms with Crippen LogP contribution in [0.25, 0.3) is 10.9 Å². The van der Waals surface area contributed by atoms with Gasteiger partial charge in [-0.25, -0.2) is 0 Å². The minimum atomic E-state index is -0.453. The number of carbonyl (C=O) groups excluding carboxylic acids is 1. The number of carbonyl (C=O) groups is 1. The molecule has 0 saturated heterocycles. The lowest BCUT2D eigenvalue weighted by Crippen LogP contribution is -2.36. The summed E-state index contributed by atoms with van der Waals surface area (Å²) in [5.74, 6) is 0.0624. The molecule has 0 spiro atoms. The number of nitrogens with zero attached hydrogens (tertiary/aromatic N) is 3. The van der Waals surface area contributed by atoms with Crippen LogP contribution < -0.4 is 0 Å². The quantitative estimate of drug-likeness (QED) is 0.578. The van der Waals surface area contributed by atoms with Gasteiger partial charge in [-0.05, 0) is 23.6 Å². The largest absolute Gasteiger partial charge is 0.361 e. The van der Waals surface area contributed by atoms with Gasteiger partial charge in [-0.3, -0.25) is 19.9 Å². The number of aryl methyl sites for hydroxylation is 1. The highest BCUT2D eigenvalue weighted by Crippen LogP contribution is 2.23. The van der Waals surface area contributed by atoms with Gasteiger partial charge in [0, 0.05) is 54.8 Å². The first-order chi connectivity index (χ1) is 12.6. The lowest BCUT2D eigenvalue weighted by molar-refractivity contribution is -0.385. The SMILES string of the molecule is O=C(CCc1c[nH]c2ccccc12)N1CCc2ncc([N+](=O)[O-])cc2C1. The van der Waals surface area contributed by atoms with Gasteiger partial charge in [0.05, 0.1) is 4.92 Å². The molecule has 3 heterocycles. The Balaban J connectivity index is 1.44. The molecule has 0 radical (unpaired) electrons. The maximum absolute atomic E-state index is 12.6. The predicted molar refractivity (Wildman–Crippen MR) is 96.6 cm³/mol. The number of aromatic nitrogens is 2. The molecular formula is C19H18N4O3. The van der Waals surface area contributed by atoms with Crippen molar-refractivity contribution >= 4 is 22.5 Å². The fourth-order valence-corrected chi connectivity index (χ4v) is 3.46. The van der Waals surface area contributed by atoms with E-state index in [9.17, 15) is 14.9 Å². The zero-order valence-corrected chi connectivity index (χ0v) is 14.1.